The summed E-state index contributed by atoms with van der Waals surface area (Å²) in [6.07, 6.45) is 2.97. The molecule has 0 saturated carbocycles. The molecule has 1 amide bonds. The molecule has 3 rings (SSSR count). The lowest BCUT2D eigenvalue weighted by molar-refractivity contribution is -0.120. The summed E-state index contributed by atoms with van der Waals surface area (Å²) >= 11 is 11.9. The van der Waals surface area contributed by atoms with Crippen molar-refractivity contribution in [3.8, 4) is 11.8 Å². The van der Waals surface area contributed by atoms with Crippen molar-refractivity contribution >= 4 is 34.8 Å². The number of halogens is 2. The monoisotopic (exact) mass is 376 g/mol. The van der Waals surface area contributed by atoms with Gasteiger partial charge < -0.3 is 15.0 Å². The number of nitrogens with one attached hydrogen (secondary N) is 1. The molecular formula is C17H14Cl2N4O2. The minimum atomic E-state index is -0.821. The molecule has 1 N–H and O–H groups in total. The van der Waals surface area contributed by atoms with Crippen LogP contribution in [0.15, 0.2) is 36.7 Å². The largest absolute Gasteiger partial charge is 0.490 e. The number of fused-ring (bicyclic) bond motifs is 1. The van der Waals surface area contributed by atoms with E-state index in [-0.39, 0.29) is 12.5 Å². The molecule has 1 aromatic carbocycles. The highest BCUT2D eigenvalue weighted by Gasteiger charge is 2.22. The van der Waals surface area contributed by atoms with Crippen molar-refractivity contribution in [1.29, 1.82) is 5.26 Å². The van der Waals surface area contributed by atoms with Gasteiger partial charge in [-0.15, -0.1) is 0 Å². The molecule has 1 aliphatic rings. The Balaban J connectivity index is 1.71. The lowest BCUT2D eigenvalue weighted by atomic mass is 10.1. The van der Waals surface area contributed by atoms with Crippen LogP contribution < -0.4 is 15.0 Å². The van der Waals surface area contributed by atoms with E-state index in [0.717, 1.165) is 5.69 Å². The summed E-state index contributed by atoms with van der Waals surface area (Å²) in [5, 5.41) is 13.0. The van der Waals surface area contributed by atoms with Crippen molar-refractivity contribution in [1.82, 2.24) is 10.3 Å². The number of nitriles is 1. The number of ether oxygens (including phenoxy) is 1. The van der Waals surface area contributed by atoms with Gasteiger partial charge in [-0.2, -0.15) is 5.26 Å². The summed E-state index contributed by atoms with van der Waals surface area (Å²) in [5.41, 5.74) is 1.29. The van der Waals surface area contributed by atoms with Crippen LogP contribution >= 0.6 is 23.2 Å². The number of anilines is 1. The van der Waals surface area contributed by atoms with Gasteiger partial charge in [0, 0.05) is 23.0 Å². The molecule has 0 saturated heterocycles. The Kier molecular flexibility index (Phi) is 5.27. The van der Waals surface area contributed by atoms with Crippen LogP contribution in [0.5, 0.6) is 5.75 Å². The fourth-order valence-electron chi connectivity index (χ4n) is 2.57. The highest BCUT2D eigenvalue weighted by molar-refractivity contribution is 6.31. The molecule has 1 aliphatic heterocycles. The summed E-state index contributed by atoms with van der Waals surface area (Å²) < 4.78 is 5.57. The average molecular weight is 377 g/mol. The van der Waals surface area contributed by atoms with Gasteiger partial charge >= 0.3 is 0 Å². The topological polar surface area (TPSA) is 78.2 Å². The molecule has 128 valence electrons. The fraction of sp³-hybridized carbons (Fsp3) is 0.235. The van der Waals surface area contributed by atoms with Gasteiger partial charge in [-0.1, -0.05) is 23.2 Å². The summed E-state index contributed by atoms with van der Waals surface area (Å²) in [5.74, 6) is 0.388. The van der Waals surface area contributed by atoms with E-state index in [1.165, 1.54) is 12.4 Å². The van der Waals surface area contributed by atoms with Crippen LogP contribution in [-0.4, -0.2) is 30.6 Å². The van der Waals surface area contributed by atoms with Crippen molar-refractivity contribution in [2.75, 3.05) is 24.6 Å². The molecule has 6 nitrogen and oxygen atoms in total. The Hall–Kier alpha value is -2.49. The molecule has 8 heteroatoms. The summed E-state index contributed by atoms with van der Waals surface area (Å²) in [7, 11) is 0. The fourth-order valence-corrected chi connectivity index (χ4v) is 2.92. The van der Waals surface area contributed by atoms with Gasteiger partial charge in [-0.05, 0) is 24.3 Å². The quantitative estimate of drug-likeness (QED) is 0.887. The predicted molar refractivity (Wildman–Crippen MR) is 94.9 cm³/mol. The molecule has 2 aromatic rings. The van der Waals surface area contributed by atoms with Crippen LogP contribution in [-0.2, 0) is 4.79 Å². The molecule has 25 heavy (non-hydrogen) atoms. The van der Waals surface area contributed by atoms with E-state index in [9.17, 15) is 10.1 Å². The highest BCUT2D eigenvalue weighted by atomic mass is 35.5. The molecular weight excluding hydrogens is 363 g/mol. The third kappa shape index (κ3) is 4.13. The average Bonchev–Trinajstić information content (AvgIpc) is 2.60. The number of amides is 1. The molecule has 1 unspecified atom stereocenters. The minimum absolute atomic E-state index is 0.0862. The molecule has 0 radical (unpaired) electrons. The molecule has 0 fully saturated rings. The maximum atomic E-state index is 12.4. The second-order valence-corrected chi connectivity index (χ2v) is 6.32. The lowest BCUT2D eigenvalue weighted by Crippen LogP contribution is -2.42. The highest BCUT2D eigenvalue weighted by Crippen LogP contribution is 2.33. The zero-order chi connectivity index (χ0) is 17.8. The van der Waals surface area contributed by atoms with Gasteiger partial charge in [-0.3, -0.25) is 9.78 Å². The Morgan fingerprint density at radius 2 is 2.20 bits per heavy atom. The third-order valence-electron chi connectivity index (χ3n) is 3.71. The predicted octanol–water partition coefficient (Wildman–Crippen LogP) is 2.97. The molecule has 2 heterocycles. The van der Waals surface area contributed by atoms with Crippen LogP contribution in [0.4, 0.5) is 5.69 Å². The van der Waals surface area contributed by atoms with Crippen LogP contribution in [0, 0.1) is 11.3 Å². The molecule has 1 atom stereocenters. The second kappa shape index (κ2) is 7.60. The van der Waals surface area contributed by atoms with Crippen LogP contribution in [0.25, 0.3) is 0 Å². The minimum Gasteiger partial charge on any atom is -0.490 e. The van der Waals surface area contributed by atoms with Crippen molar-refractivity contribution in [2.24, 2.45) is 0 Å². The van der Waals surface area contributed by atoms with Gasteiger partial charge in [0.15, 0.2) is 0 Å². The second-order valence-electron chi connectivity index (χ2n) is 5.45. The Bertz CT molecular complexity index is 838. The molecule has 0 spiro atoms. The first kappa shape index (κ1) is 17.3. The van der Waals surface area contributed by atoms with Gasteiger partial charge in [-0.25, -0.2) is 0 Å². The van der Waals surface area contributed by atoms with Crippen LogP contribution in [0.1, 0.15) is 11.6 Å². The normalized spacial score (nSPS) is 14.0. The van der Waals surface area contributed by atoms with Crippen LogP contribution in [0.2, 0.25) is 10.0 Å². The Morgan fingerprint density at radius 1 is 1.36 bits per heavy atom. The first-order valence-corrected chi connectivity index (χ1v) is 8.29. The van der Waals surface area contributed by atoms with Crippen LogP contribution in [0.3, 0.4) is 0 Å². The van der Waals surface area contributed by atoms with Crippen molar-refractivity contribution in [2.45, 2.75) is 6.04 Å². The number of hydrogen-bond donors (Lipinski definition) is 1. The van der Waals surface area contributed by atoms with E-state index in [1.54, 1.807) is 24.3 Å². The number of nitrogens with zero attached hydrogens (tertiary/aromatic N) is 3. The third-order valence-corrected chi connectivity index (χ3v) is 4.15. The molecule has 1 aromatic heterocycles. The zero-order valence-electron chi connectivity index (χ0n) is 13.1. The maximum absolute atomic E-state index is 12.4. The number of carbonyl (C=O) groups excluding carboxylic acids is 1. The van der Waals surface area contributed by atoms with E-state index in [1.807, 2.05) is 11.0 Å². The van der Waals surface area contributed by atoms with E-state index in [2.05, 4.69) is 10.3 Å². The van der Waals surface area contributed by atoms with Gasteiger partial charge in [0.05, 0.1) is 29.9 Å². The Morgan fingerprint density at radius 3 is 2.96 bits per heavy atom. The summed E-state index contributed by atoms with van der Waals surface area (Å²) in [6.45, 7) is 1.11. The molecule has 0 aliphatic carbocycles. The van der Waals surface area contributed by atoms with Crippen molar-refractivity contribution in [3.05, 3.63) is 52.3 Å². The zero-order valence-corrected chi connectivity index (χ0v) is 14.6. The van der Waals surface area contributed by atoms with E-state index in [0.29, 0.717) is 34.5 Å². The number of rotatable bonds is 4. The summed E-state index contributed by atoms with van der Waals surface area (Å²) in [6, 6.07) is 8.10. The molecule has 0 bridgehead atoms. The standard InChI is InChI=1S/C17H14Cl2N4O2/c18-12-1-2-16-15(6-12)23(3-4-25-16)10-17(24)22-14(7-20)11-5-13(19)9-21-8-11/h1-2,5-6,8-9,14H,3-4,10H2,(H,22,24). The number of hydrogen-bond acceptors (Lipinski definition) is 5. The van der Waals surface area contributed by atoms with E-state index >= 15 is 0 Å². The number of aromatic nitrogens is 1. The smallest absolute Gasteiger partial charge is 0.240 e. The van der Waals surface area contributed by atoms with E-state index in [4.69, 9.17) is 27.9 Å². The van der Waals surface area contributed by atoms with Gasteiger partial charge in [0.2, 0.25) is 5.91 Å². The summed E-state index contributed by atoms with van der Waals surface area (Å²) in [4.78, 5) is 18.2. The van der Waals surface area contributed by atoms with Gasteiger partial charge in [0.1, 0.15) is 18.4 Å². The van der Waals surface area contributed by atoms with Crippen molar-refractivity contribution in [3.63, 3.8) is 0 Å². The first-order valence-electron chi connectivity index (χ1n) is 7.53. The van der Waals surface area contributed by atoms with E-state index < -0.39 is 6.04 Å². The number of carbonyl (C=O) groups is 1. The lowest BCUT2D eigenvalue weighted by Gasteiger charge is -2.31. The Labute approximate surface area is 154 Å². The van der Waals surface area contributed by atoms with Crippen molar-refractivity contribution < 1.29 is 9.53 Å². The number of pyridine rings is 1. The SMILES string of the molecule is N#CC(NC(=O)CN1CCOc2ccc(Cl)cc21)c1cncc(Cl)c1. The first-order chi connectivity index (χ1) is 12.1. The number of benzene rings is 1. The van der Waals surface area contributed by atoms with Gasteiger partial charge in [0.25, 0.3) is 0 Å². The maximum Gasteiger partial charge on any atom is 0.240 e.